The van der Waals surface area contributed by atoms with E-state index in [4.69, 9.17) is 26.5 Å². The summed E-state index contributed by atoms with van der Waals surface area (Å²) in [5.74, 6) is -0.468. The highest BCUT2D eigenvalue weighted by Crippen LogP contribution is 2.29. The number of halogens is 1. The van der Waals surface area contributed by atoms with Gasteiger partial charge >= 0.3 is 6.09 Å². The molecule has 2 aliphatic heterocycles. The van der Waals surface area contributed by atoms with Crippen LogP contribution in [0.2, 0.25) is 5.02 Å². The minimum atomic E-state index is -0.468. The second kappa shape index (κ2) is 9.03. The first-order valence-electron chi connectivity index (χ1n) is 10.1. The van der Waals surface area contributed by atoms with Crippen LogP contribution in [0.5, 0.6) is 0 Å². The Bertz CT molecular complexity index is 959. The molecule has 0 radical (unpaired) electrons. The molecule has 11 heteroatoms. The van der Waals surface area contributed by atoms with Crippen molar-refractivity contribution < 1.29 is 18.7 Å². The number of nitrogens with two attached hydrogens (primary N) is 1. The Hall–Kier alpha value is -2.98. The molecule has 10 nitrogen and oxygen atoms in total. The summed E-state index contributed by atoms with van der Waals surface area (Å²) in [7, 11) is 2.02. The van der Waals surface area contributed by atoms with Crippen LogP contribution in [0.15, 0.2) is 28.9 Å². The van der Waals surface area contributed by atoms with Gasteiger partial charge in [0.2, 0.25) is 0 Å². The van der Waals surface area contributed by atoms with E-state index in [9.17, 15) is 9.59 Å². The van der Waals surface area contributed by atoms with Crippen molar-refractivity contribution in [2.24, 2.45) is 0 Å². The lowest BCUT2D eigenvalue weighted by Crippen LogP contribution is -2.49. The Morgan fingerprint density at radius 3 is 2.68 bits per heavy atom. The number of amides is 2. The van der Waals surface area contributed by atoms with Gasteiger partial charge in [0.25, 0.3) is 11.9 Å². The van der Waals surface area contributed by atoms with E-state index in [0.717, 1.165) is 25.2 Å². The maximum absolute atomic E-state index is 12.4. The number of rotatable bonds is 4. The molecule has 0 saturated carbocycles. The first-order chi connectivity index (χ1) is 14.9. The fourth-order valence-corrected chi connectivity index (χ4v) is 3.90. The fourth-order valence-electron chi connectivity index (χ4n) is 3.74. The van der Waals surface area contributed by atoms with Crippen LogP contribution in [0.1, 0.15) is 16.9 Å². The second-order valence-electron chi connectivity index (χ2n) is 7.72. The van der Waals surface area contributed by atoms with Crippen molar-refractivity contribution in [3.05, 3.63) is 35.2 Å². The third-order valence-corrected chi connectivity index (χ3v) is 5.80. The SMILES string of the molecule is CN1CCC(OC(=O)N2CCN(c3ccc(Cl)c(NC(=O)c4coc(N)n4)c3)CC2)C1. The van der Waals surface area contributed by atoms with Crippen LogP contribution in [0.4, 0.5) is 22.2 Å². The smallest absolute Gasteiger partial charge is 0.410 e. The molecule has 0 aliphatic carbocycles. The van der Waals surface area contributed by atoms with E-state index in [-0.39, 0.29) is 23.9 Å². The molecule has 3 heterocycles. The van der Waals surface area contributed by atoms with Gasteiger partial charge in [0.15, 0.2) is 5.69 Å². The summed E-state index contributed by atoms with van der Waals surface area (Å²) in [6, 6.07) is 5.32. The van der Waals surface area contributed by atoms with Crippen molar-refractivity contribution in [1.82, 2.24) is 14.8 Å². The molecule has 0 spiro atoms. The molecular formula is C20H25ClN6O4. The molecule has 2 fully saturated rings. The van der Waals surface area contributed by atoms with E-state index in [1.165, 1.54) is 6.26 Å². The van der Waals surface area contributed by atoms with Crippen LogP contribution in [0.3, 0.4) is 0 Å². The van der Waals surface area contributed by atoms with Crippen molar-refractivity contribution >= 4 is 41.0 Å². The molecule has 3 N–H and O–H groups in total. The molecule has 1 atom stereocenters. The predicted octanol–water partition coefficient (Wildman–Crippen LogP) is 2.13. The monoisotopic (exact) mass is 448 g/mol. The number of nitrogens with zero attached hydrogens (tertiary/aromatic N) is 4. The topological polar surface area (TPSA) is 117 Å². The highest BCUT2D eigenvalue weighted by molar-refractivity contribution is 6.34. The number of benzene rings is 1. The van der Waals surface area contributed by atoms with Crippen molar-refractivity contribution in [2.75, 3.05) is 62.3 Å². The summed E-state index contributed by atoms with van der Waals surface area (Å²) < 4.78 is 10.5. The lowest BCUT2D eigenvalue weighted by Gasteiger charge is -2.36. The number of likely N-dealkylation sites (N-methyl/N-ethyl adjacent to an activating group) is 1. The number of likely N-dealkylation sites (tertiary alicyclic amines) is 1. The quantitative estimate of drug-likeness (QED) is 0.730. The van der Waals surface area contributed by atoms with Crippen LogP contribution < -0.4 is 16.0 Å². The first kappa shape index (κ1) is 21.3. The molecule has 1 aromatic heterocycles. The second-order valence-corrected chi connectivity index (χ2v) is 8.13. The standard InChI is InChI=1S/C20H25ClN6O4/c1-25-5-4-14(11-25)31-20(29)27-8-6-26(7-9-27)13-2-3-15(21)16(10-13)23-18(28)17-12-30-19(22)24-17/h2-3,10,12,14H,4-9,11H2,1H3,(H2,22,24)(H,23,28). The molecule has 166 valence electrons. The number of anilines is 3. The summed E-state index contributed by atoms with van der Waals surface area (Å²) in [5.41, 5.74) is 6.83. The van der Waals surface area contributed by atoms with Gasteiger partial charge in [-0.15, -0.1) is 0 Å². The Balaban J connectivity index is 1.34. The Kier molecular flexibility index (Phi) is 6.19. The number of hydrogen-bond acceptors (Lipinski definition) is 8. The molecule has 2 saturated heterocycles. The summed E-state index contributed by atoms with van der Waals surface area (Å²) in [5, 5.41) is 3.13. The normalized spacial score (nSPS) is 19.5. The van der Waals surface area contributed by atoms with Crippen LogP contribution >= 0.6 is 11.6 Å². The predicted molar refractivity (Wildman–Crippen MR) is 116 cm³/mol. The zero-order valence-electron chi connectivity index (χ0n) is 17.2. The van der Waals surface area contributed by atoms with Gasteiger partial charge in [-0.25, -0.2) is 4.79 Å². The van der Waals surface area contributed by atoms with Gasteiger partial charge in [0, 0.05) is 45.0 Å². The van der Waals surface area contributed by atoms with Crippen molar-refractivity contribution in [3.63, 3.8) is 0 Å². The summed E-state index contributed by atoms with van der Waals surface area (Å²) in [6.45, 7) is 4.15. The van der Waals surface area contributed by atoms with E-state index >= 15 is 0 Å². The third-order valence-electron chi connectivity index (χ3n) is 5.47. The minimum absolute atomic E-state index is 0.0296. The van der Waals surface area contributed by atoms with Gasteiger partial charge in [0.05, 0.1) is 10.7 Å². The van der Waals surface area contributed by atoms with E-state index < -0.39 is 5.91 Å². The number of hydrogen-bond donors (Lipinski definition) is 2. The van der Waals surface area contributed by atoms with Crippen LogP contribution in [-0.2, 0) is 4.74 Å². The molecule has 0 bridgehead atoms. The van der Waals surface area contributed by atoms with Gasteiger partial charge < -0.3 is 34.9 Å². The molecular weight excluding hydrogens is 424 g/mol. The number of piperazine rings is 1. The summed E-state index contributed by atoms with van der Waals surface area (Å²) >= 11 is 6.25. The lowest BCUT2D eigenvalue weighted by molar-refractivity contribution is 0.0653. The number of ether oxygens (including phenoxy) is 1. The van der Waals surface area contributed by atoms with Crippen LogP contribution in [0, 0.1) is 0 Å². The molecule has 31 heavy (non-hydrogen) atoms. The Morgan fingerprint density at radius 1 is 1.26 bits per heavy atom. The van der Waals surface area contributed by atoms with E-state index in [0.29, 0.717) is 36.9 Å². The minimum Gasteiger partial charge on any atom is -0.445 e. The molecule has 1 aromatic carbocycles. The van der Waals surface area contributed by atoms with Crippen molar-refractivity contribution in [2.45, 2.75) is 12.5 Å². The fraction of sp³-hybridized carbons (Fsp3) is 0.450. The number of carbonyl (C=O) groups is 2. The van der Waals surface area contributed by atoms with E-state index in [2.05, 4.69) is 20.1 Å². The Morgan fingerprint density at radius 2 is 2.03 bits per heavy atom. The number of oxazole rings is 1. The summed E-state index contributed by atoms with van der Waals surface area (Å²) in [4.78, 5) is 34.6. The largest absolute Gasteiger partial charge is 0.445 e. The number of nitrogens with one attached hydrogen (secondary N) is 1. The highest BCUT2D eigenvalue weighted by Gasteiger charge is 2.28. The van der Waals surface area contributed by atoms with E-state index in [1.807, 2.05) is 13.1 Å². The Labute approximate surface area is 184 Å². The lowest BCUT2D eigenvalue weighted by atomic mass is 10.2. The first-order valence-corrected chi connectivity index (χ1v) is 10.5. The van der Waals surface area contributed by atoms with Gasteiger partial charge in [-0.1, -0.05) is 11.6 Å². The zero-order valence-corrected chi connectivity index (χ0v) is 18.0. The highest BCUT2D eigenvalue weighted by atomic mass is 35.5. The molecule has 4 rings (SSSR count). The molecule has 2 aliphatic rings. The average molecular weight is 449 g/mol. The van der Waals surface area contributed by atoms with E-state index in [1.54, 1.807) is 17.0 Å². The zero-order chi connectivity index (χ0) is 22.0. The van der Waals surface area contributed by atoms with Gasteiger partial charge in [-0.2, -0.15) is 4.98 Å². The number of aromatic nitrogens is 1. The maximum Gasteiger partial charge on any atom is 0.410 e. The number of nitrogen functional groups attached to an aromatic ring is 1. The van der Waals surface area contributed by atoms with Gasteiger partial charge in [-0.05, 0) is 31.7 Å². The van der Waals surface area contributed by atoms with Crippen molar-refractivity contribution in [3.8, 4) is 0 Å². The molecule has 2 aromatic rings. The van der Waals surface area contributed by atoms with Gasteiger partial charge in [-0.3, -0.25) is 4.79 Å². The van der Waals surface area contributed by atoms with Crippen LogP contribution in [-0.4, -0.2) is 79.2 Å². The van der Waals surface area contributed by atoms with Crippen LogP contribution in [0.25, 0.3) is 0 Å². The third kappa shape index (κ3) is 5.02. The van der Waals surface area contributed by atoms with Crippen molar-refractivity contribution in [1.29, 1.82) is 0 Å². The molecule has 1 unspecified atom stereocenters. The number of carbonyl (C=O) groups excluding carboxylic acids is 2. The average Bonchev–Trinajstić information content (AvgIpc) is 3.37. The van der Waals surface area contributed by atoms with Gasteiger partial charge in [0.1, 0.15) is 12.4 Å². The summed E-state index contributed by atoms with van der Waals surface area (Å²) in [6.07, 6.45) is 1.78. The molecule has 2 amide bonds. The maximum atomic E-state index is 12.4.